The Morgan fingerprint density at radius 2 is 1.56 bits per heavy atom. The molecule has 4 saturated carbocycles. The molecule has 36 heavy (non-hydrogen) atoms. The number of carbonyl (C=O) groups is 2. The van der Waals surface area contributed by atoms with Crippen molar-refractivity contribution in [2.24, 2.45) is 17.8 Å². The van der Waals surface area contributed by atoms with Crippen LogP contribution in [0.5, 0.6) is 0 Å². The normalized spacial score (nSPS) is 26.4. The second kappa shape index (κ2) is 9.54. The third kappa shape index (κ3) is 4.88. The third-order valence-electron chi connectivity index (χ3n) is 8.19. The summed E-state index contributed by atoms with van der Waals surface area (Å²) in [5.74, 6) is 1.38. The van der Waals surface area contributed by atoms with Crippen LogP contribution in [-0.2, 0) is 25.0 Å². The minimum absolute atomic E-state index is 0.211. The van der Waals surface area contributed by atoms with Crippen molar-refractivity contribution < 1.29 is 22.7 Å². The maximum Gasteiger partial charge on any atom is 0.340 e. The Morgan fingerprint density at radius 1 is 0.972 bits per heavy atom. The first kappa shape index (κ1) is 24.8. The molecule has 0 aromatic heterocycles. The lowest BCUT2D eigenvalue weighted by atomic mass is 9.48. The second-order valence-electron chi connectivity index (χ2n) is 10.8. The lowest BCUT2D eigenvalue weighted by Crippen LogP contribution is -2.48. The number of sulfonamides is 1. The van der Waals surface area contributed by atoms with Crippen LogP contribution in [-0.4, -0.2) is 39.7 Å². The fourth-order valence-electron chi connectivity index (χ4n) is 7.14. The molecule has 0 heterocycles. The Morgan fingerprint density at radius 3 is 2.11 bits per heavy atom. The fourth-order valence-corrected chi connectivity index (χ4v) is 8.00. The summed E-state index contributed by atoms with van der Waals surface area (Å²) in [5.41, 5.74) is 2.48. The highest BCUT2D eigenvalue weighted by atomic mass is 32.2. The average Bonchev–Trinajstić information content (AvgIpc) is 2.82. The summed E-state index contributed by atoms with van der Waals surface area (Å²) in [6.07, 6.45) is 8.90. The molecule has 0 saturated heterocycles. The number of carbonyl (C=O) groups excluding carboxylic acids is 2. The number of anilines is 2. The molecule has 4 aliphatic carbocycles. The summed E-state index contributed by atoms with van der Waals surface area (Å²) >= 11 is 0. The molecule has 4 aliphatic rings. The Balaban J connectivity index is 1.34. The summed E-state index contributed by atoms with van der Waals surface area (Å²) in [7, 11) is -3.72. The molecule has 8 heteroatoms. The number of ether oxygens (including phenoxy) is 1. The Labute approximate surface area is 213 Å². The Kier molecular flexibility index (Phi) is 6.57. The largest absolute Gasteiger partial charge is 0.462 e. The first-order chi connectivity index (χ1) is 17.2. The van der Waals surface area contributed by atoms with Gasteiger partial charge in [-0.2, -0.15) is 0 Å². The van der Waals surface area contributed by atoms with Gasteiger partial charge in [0.2, 0.25) is 15.9 Å². The van der Waals surface area contributed by atoms with Gasteiger partial charge < -0.3 is 10.1 Å². The minimum atomic E-state index is -3.72. The second-order valence-corrected chi connectivity index (χ2v) is 12.7. The van der Waals surface area contributed by atoms with E-state index < -0.39 is 28.4 Å². The van der Waals surface area contributed by atoms with Crippen LogP contribution in [0, 0.1) is 17.8 Å². The van der Waals surface area contributed by atoms with E-state index in [1.807, 2.05) is 12.1 Å². The van der Waals surface area contributed by atoms with Crippen molar-refractivity contribution in [1.29, 1.82) is 0 Å². The highest BCUT2D eigenvalue weighted by Gasteiger charge is 2.51. The molecule has 7 nitrogen and oxygen atoms in total. The van der Waals surface area contributed by atoms with Gasteiger partial charge in [-0.1, -0.05) is 24.3 Å². The van der Waals surface area contributed by atoms with Gasteiger partial charge in [-0.25, -0.2) is 13.2 Å². The van der Waals surface area contributed by atoms with Gasteiger partial charge in [-0.3, -0.25) is 9.10 Å². The van der Waals surface area contributed by atoms with Gasteiger partial charge in [-0.15, -0.1) is 0 Å². The van der Waals surface area contributed by atoms with E-state index >= 15 is 0 Å². The number of esters is 1. The number of amides is 1. The zero-order valence-electron chi connectivity index (χ0n) is 20.9. The van der Waals surface area contributed by atoms with E-state index in [4.69, 9.17) is 4.74 Å². The number of hydrogen-bond donors (Lipinski definition) is 1. The molecule has 4 fully saturated rings. The molecule has 4 bridgehead atoms. The zero-order chi connectivity index (χ0) is 25.5. The molecule has 0 atom stereocenters. The predicted molar refractivity (Wildman–Crippen MR) is 140 cm³/mol. The van der Waals surface area contributed by atoms with E-state index in [0.717, 1.165) is 28.3 Å². The van der Waals surface area contributed by atoms with Crippen molar-refractivity contribution in [3.05, 3.63) is 59.7 Å². The van der Waals surface area contributed by atoms with Crippen LogP contribution >= 0.6 is 0 Å². The first-order valence-electron chi connectivity index (χ1n) is 12.8. The average molecular weight is 511 g/mol. The molecule has 0 aliphatic heterocycles. The van der Waals surface area contributed by atoms with Crippen molar-refractivity contribution in [2.75, 3.05) is 29.0 Å². The predicted octanol–water partition coefficient (Wildman–Crippen LogP) is 4.74. The number of nitrogens with one attached hydrogen (secondary N) is 1. The Hall–Kier alpha value is -2.87. The highest BCUT2D eigenvalue weighted by molar-refractivity contribution is 7.92. The van der Waals surface area contributed by atoms with Crippen LogP contribution in [0.2, 0.25) is 0 Å². The van der Waals surface area contributed by atoms with E-state index in [9.17, 15) is 18.0 Å². The van der Waals surface area contributed by atoms with Gasteiger partial charge in [0.25, 0.3) is 0 Å². The summed E-state index contributed by atoms with van der Waals surface area (Å²) < 4.78 is 31.5. The molecule has 0 radical (unpaired) electrons. The summed E-state index contributed by atoms with van der Waals surface area (Å²) in [5, 5.41) is 2.68. The summed E-state index contributed by atoms with van der Waals surface area (Å²) in [6, 6.07) is 14.3. The first-order valence-corrected chi connectivity index (χ1v) is 14.7. The molecule has 1 N–H and O–H groups in total. The molecule has 6 rings (SSSR count). The molecule has 0 unspecified atom stereocenters. The van der Waals surface area contributed by atoms with E-state index in [-0.39, 0.29) is 23.3 Å². The lowest BCUT2D eigenvalue weighted by molar-refractivity contribution is -0.114. The number of benzene rings is 2. The SMILES string of the molecule is CCOC(=O)c1ccccc1NC(=O)CN(c1ccc(C23CC4CC(CC(C4)C2)C3)cc1)S(C)(=O)=O. The molecule has 1 amide bonds. The van der Waals surface area contributed by atoms with E-state index in [2.05, 4.69) is 17.4 Å². The van der Waals surface area contributed by atoms with Crippen LogP contribution in [0.4, 0.5) is 11.4 Å². The van der Waals surface area contributed by atoms with Gasteiger partial charge >= 0.3 is 5.97 Å². The quantitative estimate of drug-likeness (QED) is 0.518. The monoisotopic (exact) mass is 510 g/mol. The van der Waals surface area contributed by atoms with Gasteiger partial charge in [0.15, 0.2) is 0 Å². The maximum absolute atomic E-state index is 12.9. The number of rotatable bonds is 8. The molecule has 2 aromatic carbocycles. The van der Waals surface area contributed by atoms with Crippen LogP contribution in [0.1, 0.15) is 61.4 Å². The van der Waals surface area contributed by atoms with E-state index in [1.165, 1.54) is 44.1 Å². The fraction of sp³-hybridized carbons (Fsp3) is 0.500. The van der Waals surface area contributed by atoms with Gasteiger partial charge in [0.1, 0.15) is 6.54 Å². The molecule has 192 valence electrons. The summed E-state index contributed by atoms with van der Waals surface area (Å²) in [4.78, 5) is 25.1. The van der Waals surface area contributed by atoms with Crippen molar-refractivity contribution >= 4 is 33.3 Å². The van der Waals surface area contributed by atoms with Crippen LogP contribution in [0.15, 0.2) is 48.5 Å². The van der Waals surface area contributed by atoms with Crippen molar-refractivity contribution in [2.45, 2.75) is 50.9 Å². The smallest absolute Gasteiger partial charge is 0.340 e. The molecular formula is C28H34N2O5S. The highest BCUT2D eigenvalue weighted by Crippen LogP contribution is 2.60. The lowest BCUT2D eigenvalue weighted by Gasteiger charge is -2.57. The van der Waals surface area contributed by atoms with E-state index in [0.29, 0.717) is 5.69 Å². The minimum Gasteiger partial charge on any atom is -0.462 e. The Bertz CT molecular complexity index is 1220. The molecule has 2 aromatic rings. The van der Waals surface area contributed by atoms with Crippen LogP contribution in [0.25, 0.3) is 0 Å². The van der Waals surface area contributed by atoms with Crippen molar-refractivity contribution in [3.63, 3.8) is 0 Å². The van der Waals surface area contributed by atoms with Crippen molar-refractivity contribution in [3.8, 4) is 0 Å². The number of nitrogens with zero attached hydrogens (tertiary/aromatic N) is 1. The van der Waals surface area contributed by atoms with Crippen LogP contribution < -0.4 is 9.62 Å². The zero-order valence-corrected chi connectivity index (χ0v) is 21.7. The van der Waals surface area contributed by atoms with Crippen LogP contribution in [0.3, 0.4) is 0 Å². The number of hydrogen-bond acceptors (Lipinski definition) is 5. The topological polar surface area (TPSA) is 92.8 Å². The standard InChI is InChI=1S/C28H34N2O5S/c1-3-35-27(32)24-6-4-5-7-25(24)29-26(31)18-30(36(2,33)34)23-10-8-22(9-11-23)28-15-19-12-20(16-28)14-21(13-19)17-28/h4-11,19-21H,3,12-18H2,1-2H3,(H,29,31). The van der Waals surface area contributed by atoms with Gasteiger partial charge in [0, 0.05) is 0 Å². The third-order valence-corrected chi connectivity index (χ3v) is 9.33. The van der Waals surface area contributed by atoms with Gasteiger partial charge in [-0.05, 0) is 98.4 Å². The maximum atomic E-state index is 12.9. The summed E-state index contributed by atoms with van der Waals surface area (Å²) in [6.45, 7) is 1.52. The molecule has 0 spiro atoms. The van der Waals surface area contributed by atoms with Gasteiger partial charge in [0.05, 0.1) is 29.8 Å². The van der Waals surface area contributed by atoms with E-state index in [1.54, 1.807) is 31.2 Å². The van der Waals surface area contributed by atoms with Crippen molar-refractivity contribution in [1.82, 2.24) is 0 Å². The number of para-hydroxylation sites is 1. The molecular weight excluding hydrogens is 476 g/mol.